The van der Waals surface area contributed by atoms with Crippen molar-refractivity contribution < 1.29 is 4.79 Å². The van der Waals surface area contributed by atoms with Gasteiger partial charge in [-0.1, -0.05) is 78.9 Å². The lowest BCUT2D eigenvalue weighted by Gasteiger charge is -2.08. The third-order valence-electron chi connectivity index (χ3n) is 6.00. The summed E-state index contributed by atoms with van der Waals surface area (Å²) in [6.45, 7) is 4.09. The molecule has 1 N–H and O–H groups in total. The van der Waals surface area contributed by atoms with Gasteiger partial charge in [-0.25, -0.2) is 4.68 Å². The number of rotatable bonds is 5. The van der Waals surface area contributed by atoms with Gasteiger partial charge in [0.25, 0.3) is 5.91 Å². The molecule has 0 unspecified atom stereocenters. The Kier molecular flexibility index (Phi) is 5.79. The lowest BCUT2D eigenvalue weighted by molar-refractivity contribution is 0.102. The molecular formula is C30H25N3O. The van der Waals surface area contributed by atoms with E-state index in [0.29, 0.717) is 5.69 Å². The van der Waals surface area contributed by atoms with Crippen LogP contribution in [0.1, 0.15) is 21.6 Å². The number of aryl methyl sites for hydroxylation is 2. The van der Waals surface area contributed by atoms with Gasteiger partial charge in [0.2, 0.25) is 0 Å². The quantitative estimate of drug-likeness (QED) is 0.316. The number of para-hydroxylation sites is 1. The molecule has 0 saturated carbocycles. The standard InChI is InChI=1S/C30H25N3O/c1-21-13-18-26(19-22(21)2)31-30(34)28-20-29(33(32-28)27-11-7-4-8-12-27)25-16-14-24(15-17-25)23-9-5-3-6-10-23/h3-20H,1-2H3,(H,31,34). The van der Waals surface area contributed by atoms with Gasteiger partial charge in [-0.3, -0.25) is 4.79 Å². The first-order chi connectivity index (χ1) is 16.6. The Morgan fingerprint density at radius 3 is 1.97 bits per heavy atom. The number of amides is 1. The molecule has 0 aliphatic rings. The maximum atomic E-state index is 13.1. The van der Waals surface area contributed by atoms with Gasteiger partial charge in [0.05, 0.1) is 11.4 Å². The molecule has 5 aromatic rings. The highest BCUT2D eigenvalue weighted by molar-refractivity contribution is 6.03. The molecule has 1 amide bonds. The highest BCUT2D eigenvalue weighted by Crippen LogP contribution is 2.28. The summed E-state index contributed by atoms with van der Waals surface area (Å²) >= 11 is 0. The van der Waals surface area contributed by atoms with Gasteiger partial charge in [-0.15, -0.1) is 0 Å². The van der Waals surface area contributed by atoms with Crippen LogP contribution in [-0.4, -0.2) is 15.7 Å². The van der Waals surface area contributed by atoms with Crippen LogP contribution in [0.2, 0.25) is 0 Å². The predicted molar refractivity (Wildman–Crippen MR) is 138 cm³/mol. The molecule has 0 atom stereocenters. The summed E-state index contributed by atoms with van der Waals surface area (Å²) in [5, 5.41) is 7.66. The Bertz CT molecular complexity index is 1440. The van der Waals surface area contributed by atoms with E-state index in [2.05, 4.69) is 53.7 Å². The number of nitrogens with one attached hydrogen (secondary N) is 1. The molecular weight excluding hydrogens is 418 g/mol. The lowest BCUT2D eigenvalue weighted by atomic mass is 10.0. The lowest BCUT2D eigenvalue weighted by Crippen LogP contribution is -2.13. The highest BCUT2D eigenvalue weighted by atomic mass is 16.1. The summed E-state index contributed by atoms with van der Waals surface area (Å²) in [5.41, 5.74) is 8.49. The maximum Gasteiger partial charge on any atom is 0.276 e. The van der Waals surface area contributed by atoms with Crippen molar-refractivity contribution in [2.45, 2.75) is 13.8 Å². The number of hydrogen-bond donors (Lipinski definition) is 1. The van der Waals surface area contributed by atoms with E-state index in [1.165, 1.54) is 11.1 Å². The molecule has 166 valence electrons. The number of anilines is 1. The SMILES string of the molecule is Cc1ccc(NC(=O)c2cc(-c3ccc(-c4ccccc4)cc3)n(-c3ccccc3)n2)cc1C. The molecule has 4 heteroatoms. The molecule has 1 aromatic heterocycles. The molecule has 0 aliphatic carbocycles. The molecule has 0 spiro atoms. The van der Waals surface area contributed by atoms with Crippen LogP contribution in [0.3, 0.4) is 0 Å². The fourth-order valence-corrected chi connectivity index (χ4v) is 3.94. The number of hydrogen-bond acceptors (Lipinski definition) is 2. The fourth-order valence-electron chi connectivity index (χ4n) is 3.94. The van der Waals surface area contributed by atoms with Crippen LogP contribution in [0.25, 0.3) is 28.1 Å². The van der Waals surface area contributed by atoms with Crippen LogP contribution >= 0.6 is 0 Å². The van der Waals surface area contributed by atoms with Crippen LogP contribution in [0.4, 0.5) is 5.69 Å². The summed E-state index contributed by atoms with van der Waals surface area (Å²) in [4.78, 5) is 13.1. The molecule has 4 nitrogen and oxygen atoms in total. The van der Waals surface area contributed by atoms with E-state index in [9.17, 15) is 4.79 Å². The number of benzene rings is 4. The van der Waals surface area contributed by atoms with Gasteiger partial charge >= 0.3 is 0 Å². The monoisotopic (exact) mass is 443 g/mol. The Morgan fingerprint density at radius 2 is 1.29 bits per heavy atom. The minimum atomic E-state index is -0.236. The molecule has 0 fully saturated rings. The number of carbonyl (C=O) groups is 1. The van der Waals surface area contributed by atoms with Crippen molar-refractivity contribution >= 4 is 11.6 Å². The Hall–Kier alpha value is -4.44. The first-order valence-corrected chi connectivity index (χ1v) is 11.3. The second kappa shape index (κ2) is 9.20. The normalized spacial score (nSPS) is 10.8. The van der Waals surface area contributed by atoms with Gasteiger partial charge in [0.1, 0.15) is 0 Å². The summed E-state index contributed by atoms with van der Waals surface area (Å²) < 4.78 is 1.83. The molecule has 0 bridgehead atoms. The number of nitrogens with zero attached hydrogens (tertiary/aromatic N) is 2. The van der Waals surface area contributed by atoms with Gasteiger partial charge in [-0.2, -0.15) is 5.10 Å². The van der Waals surface area contributed by atoms with Gasteiger partial charge in [-0.05, 0) is 66.4 Å². The van der Waals surface area contributed by atoms with Crippen LogP contribution < -0.4 is 5.32 Å². The molecule has 5 rings (SSSR count). The van der Waals surface area contributed by atoms with Crippen molar-refractivity contribution in [1.29, 1.82) is 0 Å². The van der Waals surface area contributed by atoms with Gasteiger partial charge in [0, 0.05) is 11.3 Å². The molecule has 34 heavy (non-hydrogen) atoms. The molecule has 1 heterocycles. The molecule has 4 aromatic carbocycles. The van der Waals surface area contributed by atoms with Crippen LogP contribution in [0.15, 0.2) is 109 Å². The van der Waals surface area contributed by atoms with E-state index in [-0.39, 0.29) is 5.91 Å². The van der Waals surface area contributed by atoms with Crippen LogP contribution in [0.5, 0.6) is 0 Å². The Balaban J connectivity index is 1.51. The third-order valence-corrected chi connectivity index (χ3v) is 6.00. The number of carbonyl (C=O) groups excluding carboxylic acids is 1. The van der Waals surface area contributed by atoms with Gasteiger partial charge < -0.3 is 5.32 Å². The fraction of sp³-hybridized carbons (Fsp3) is 0.0667. The van der Waals surface area contributed by atoms with Gasteiger partial charge in [0.15, 0.2) is 5.69 Å². The minimum Gasteiger partial charge on any atom is -0.321 e. The average Bonchev–Trinajstić information content (AvgIpc) is 3.33. The Labute approximate surface area is 199 Å². The smallest absolute Gasteiger partial charge is 0.276 e. The zero-order valence-corrected chi connectivity index (χ0v) is 19.2. The number of aromatic nitrogens is 2. The van der Waals surface area contributed by atoms with Crippen molar-refractivity contribution in [1.82, 2.24) is 9.78 Å². The summed E-state index contributed by atoms with van der Waals surface area (Å²) in [7, 11) is 0. The second-order valence-electron chi connectivity index (χ2n) is 8.36. The molecule has 0 saturated heterocycles. The largest absolute Gasteiger partial charge is 0.321 e. The van der Waals surface area contributed by atoms with E-state index in [1.807, 2.05) is 84.4 Å². The molecule has 0 radical (unpaired) electrons. The summed E-state index contributed by atoms with van der Waals surface area (Å²) in [6, 6.07) is 36.2. The minimum absolute atomic E-state index is 0.236. The van der Waals surface area contributed by atoms with E-state index in [0.717, 1.165) is 33.8 Å². The van der Waals surface area contributed by atoms with E-state index >= 15 is 0 Å². The Morgan fingerprint density at radius 1 is 0.676 bits per heavy atom. The summed E-state index contributed by atoms with van der Waals surface area (Å²) in [6.07, 6.45) is 0. The third kappa shape index (κ3) is 4.39. The van der Waals surface area contributed by atoms with Crippen molar-refractivity contribution in [2.24, 2.45) is 0 Å². The van der Waals surface area contributed by atoms with E-state index < -0.39 is 0 Å². The first-order valence-electron chi connectivity index (χ1n) is 11.3. The predicted octanol–water partition coefficient (Wildman–Crippen LogP) is 7.08. The maximum absolute atomic E-state index is 13.1. The van der Waals surface area contributed by atoms with Crippen molar-refractivity contribution in [3.63, 3.8) is 0 Å². The molecule has 0 aliphatic heterocycles. The summed E-state index contributed by atoms with van der Waals surface area (Å²) in [5.74, 6) is -0.236. The second-order valence-corrected chi connectivity index (χ2v) is 8.36. The zero-order chi connectivity index (χ0) is 23.5. The zero-order valence-electron chi connectivity index (χ0n) is 19.2. The van der Waals surface area contributed by atoms with Crippen molar-refractivity contribution in [3.8, 4) is 28.1 Å². The van der Waals surface area contributed by atoms with Crippen LogP contribution in [0, 0.1) is 13.8 Å². The highest BCUT2D eigenvalue weighted by Gasteiger charge is 2.17. The first kappa shape index (κ1) is 21.4. The van der Waals surface area contributed by atoms with E-state index in [4.69, 9.17) is 0 Å². The van der Waals surface area contributed by atoms with E-state index in [1.54, 1.807) is 0 Å². The van der Waals surface area contributed by atoms with Crippen LogP contribution in [-0.2, 0) is 0 Å². The average molecular weight is 444 g/mol. The van der Waals surface area contributed by atoms with Crippen molar-refractivity contribution in [3.05, 3.63) is 126 Å². The topological polar surface area (TPSA) is 46.9 Å². The van der Waals surface area contributed by atoms with Crippen molar-refractivity contribution in [2.75, 3.05) is 5.32 Å².